The smallest absolute Gasteiger partial charge is 0.407 e. The number of piperidine rings is 1. The van der Waals surface area contributed by atoms with E-state index in [2.05, 4.69) is 10.6 Å². The molecule has 2 heterocycles. The number of fused-ring (bicyclic) bond motifs is 2. The number of ether oxygens (including phenoxy) is 1. The Kier molecular flexibility index (Phi) is 4.48. The molecule has 2 fully saturated rings. The molecule has 2 bridgehead atoms. The summed E-state index contributed by atoms with van der Waals surface area (Å²) >= 11 is 0. The van der Waals surface area contributed by atoms with Crippen molar-refractivity contribution in [2.24, 2.45) is 0 Å². The summed E-state index contributed by atoms with van der Waals surface area (Å²) in [5.41, 5.74) is -2.41. The average Bonchev–Trinajstić information content (AvgIpc) is 2.66. The Labute approximate surface area is 134 Å². The molecule has 11 heteroatoms. The average molecular weight is 351 g/mol. The van der Waals surface area contributed by atoms with Crippen molar-refractivity contribution >= 4 is 22.5 Å². The number of carbonyl (C=O) groups excluding carboxylic acids is 2. The maximum absolute atomic E-state index is 11.9. The van der Waals surface area contributed by atoms with Crippen LogP contribution in [0, 0.1) is 0 Å². The van der Waals surface area contributed by atoms with E-state index in [0.717, 1.165) is 4.90 Å². The highest BCUT2D eigenvalue weighted by Crippen LogP contribution is 2.34. The first-order valence-electron chi connectivity index (χ1n) is 7.13. The molecule has 0 aliphatic carbocycles. The Morgan fingerprint density at radius 2 is 2.17 bits per heavy atom. The van der Waals surface area contributed by atoms with Gasteiger partial charge in [-0.3, -0.25) is 9.45 Å². The van der Waals surface area contributed by atoms with Gasteiger partial charge in [-0.2, -0.15) is 8.42 Å². The zero-order valence-electron chi connectivity index (χ0n) is 13.2. The number of rotatable bonds is 4. The van der Waals surface area contributed by atoms with Gasteiger partial charge < -0.3 is 15.4 Å². The molecular weight excluding hydrogens is 330 g/mol. The van der Waals surface area contributed by atoms with Crippen LogP contribution in [0.15, 0.2) is 0 Å². The van der Waals surface area contributed by atoms with E-state index in [1.54, 1.807) is 20.8 Å². The van der Waals surface area contributed by atoms with E-state index in [9.17, 15) is 18.0 Å². The van der Waals surface area contributed by atoms with Crippen LogP contribution in [0.2, 0.25) is 0 Å². The van der Waals surface area contributed by atoms with Crippen LogP contribution in [-0.4, -0.2) is 60.5 Å². The van der Waals surface area contributed by atoms with E-state index in [0.29, 0.717) is 6.42 Å². The highest BCUT2D eigenvalue weighted by molar-refractivity contribution is 7.80. The Balaban J connectivity index is 2.15. The molecule has 0 radical (unpaired) electrons. The van der Waals surface area contributed by atoms with Crippen LogP contribution >= 0.6 is 0 Å². The van der Waals surface area contributed by atoms with Crippen LogP contribution in [0.1, 0.15) is 33.6 Å². The van der Waals surface area contributed by atoms with E-state index < -0.39 is 33.8 Å². The van der Waals surface area contributed by atoms with Crippen molar-refractivity contribution in [3.05, 3.63) is 0 Å². The summed E-state index contributed by atoms with van der Waals surface area (Å²) in [7, 11) is -4.83. The molecular formula is C12H21N3O7S. The molecule has 2 atom stereocenters. The van der Waals surface area contributed by atoms with Crippen molar-refractivity contribution in [1.82, 2.24) is 15.5 Å². The van der Waals surface area contributed by atoms with Gasteiger partial charge in [0.05, 0.1) is 6.54 Å². The summed E-state index contributed by atoms with van der Waals surface area (Å²) in [6.07, 6.45) is -0.197. The van der Waals surface area contributed by atoms with E-state index in [1.165, 1.54) is 0 Å². The van der Waals surface area contributed by atoms with E-state index in [4.69, 9.17) is 13.5 Å². The van der Waals surface area contributed by atoms with Gasteiger partial charge in [-0.05, 0) is 27.2 Å². The lowest BCUT2D eigenvalue weighted by atomic mass is 9.97. The number of hydrogen-bond acceptors (Lipinski definition) is 6. The summed E-state index contributed by atoms with van der Waals surface area (Å²) in [5, 5.41) is 5.06. The third-order valence-corrected chi connectivity index (χ3v) is 4.04. The third-order valence-electron chi connectivity index (χ3n) is 3.52. The van der Waals surface area contributed by atoms with Gasteiger partial charge in [0.25, 0.3) is 0 Å². The maximum atomic E-state index is 11.9. The van der Waals surface area contributed by atoms with Crippen molar-refractivity contribution < 1.29 is 31.5 Å². The van der Waals surface area contributed by atoms with Gasteiger partial charge in [0.15, 0.2) is 5.72 Å². The van der Waals surface area contributed by atoms with Crippen LogP contribution < -0.4 is 10.6 Å². The molecule has 132 valence electrons. The van der Waals surface area contributed by atoms with Gasteiger partial charge in [0.2, 0.25) is 0 Å². The molecule has 2 rings (SSSR count). The zero-order valence-corrected chi connectivity index (χ0v) is 14.0. The van der Waals surface area contributed by atoms with Crippen molar-refractivity contribution in [3.63, 3.8) is 0 Å². The van der Waals surface area contributed by atoms with Crippen molar-refractivity contribution in [2.45, 2.75) is 51.0 Å². The summed E-state index contributed by atoms with van der Waals surface area (Å²) in [6, 6.07) is -0.621. The summed E-state index contributed by atoms with van der Waals surface area (Å²) < 4.78 is 41.3. The molecule has 23 heavy (non-hydrogen) atoms. The van der Waals surface area contributed by atoms with E-state index in [-0.39, 0.29) is 25.6 Å². The fourth-order valence-corrected chi connectivity index (χ4v) is 3.30. The fraction of sp³-hybridized carbons (Fsp3) is 0.833. The van der Waals surface area contributed by atoms with Crippen LogP contribution in [-0.2, 0) is 19.3 Å². The maximum Gasteiger partial charge on any atom is 0.407 e. The molecule has 10 nitrogen and oxygen atoms in total. The molecule has 0 aromatic rings. The van der Waals surface area contributed by atoms with Crippen molar-refractivity contribution in [3.8, 4) is 0 Å². The molecule has 2 saturated heterocycles. The third kappa shape index (κ3) is 4.45. The minimum atomic E-state index is -4.83. The second-order valence-electron chi connectivity index (χ2n) is 6.61. The molecule has 2 unspecified atom stereocenters. The molecule has 0 spiro atoms. The van der Waals surface area contributed by atoms with Crippen LogP contribution in [0.5, 0.6) is 0 Å². The fourth-order valence-electron chi connectivity index (χ4n) is 2.67. The molecule has 2 aliphatic heterocycles. The molecule has 3 amide bonds. The minimum absolute atomic E-state index is 0.109. The number of carbonyl (C=O) groups is 2. The predicted molar refractivity (Wildman–Crippen MR) is 77.9 cm³/mol. The number of nitrogens with zero attached hydrogens (tertiary/aromatic N) is 1. The predicted octanol–water partition coefficient (Wildman–Crippen LogP) is 0.214. The second-order valence-corrected chi connectivity index (χ2v) is 7.63. The van der Waals surface area contributed by atoms with Gasteiger partial charge in [0, 0.05) is 19.0 Å². The van der Waals surface area contributed by atoms with E-state index >= 15 is 0 Å². The number of nitrogens with one attached hydrogen (secondary N) is 2. The van der Waals surface area contributed by atoms with E-state index in [1.807, 2.05) is 0 Å². The first-order valence-corrected chi connectivity index (χ1v) is 8.50. The van der Waals surface area contributed by atoms with Crippen LogP contribution in [0.3, 0.4) is 0 Å². The van der Waals surface area contributed by atoms with Gasteiger partial charge in [-0.25, -0.2) is 13.8 Å². The second kappa shape index (κ2) is 5.80. The van der Waals surface area contributed by atoms with Crippen molar-refractivity contribution in [1.29, 1.82) is 0 Å². The Morgan fingerprint density at radius 1 is 1.52 bits per heavy atom. The lowest BCUT2D eigenvalue weighted by Gasteiger charge is -2.41. The summed E-state index contributed by atoms with van der Waals surface area (Å²) in [5.74, 6) is 0. The first-order chi connectivity index (χ1) is 10.4. The Bertz CT molecular complexity index is 600. The molecule has 0 saturated carbocycles. The summed E-state index contributed by atoms with van der Waals surface area (Å²) in [6.45, 7) is 4.93. The minimum Gasteiger partial charge on any atom is -0.444 e. The lowest BCUT2D eigenvalue weighted by Crippen LogP contribution is -2.60. The van der Waals surface area contributed by atoms with Gasteiger partial charge >= 0.3 is 22.5 Å². The normalized spacial score (nSPS) is 27.6. The Hall–Kier alpha value is -1.59. The van der Waals surface area contributed by atoms with Gasteiger partial charge in [-0.15, -0.1) is 0 Å². The van der Waals surface area contributed by atoms with Crippen molar-refractivity contribution in [2.75, 3.05) is 13.1 Å². The zero-order chi connectivity index (χ0) is 17.5. The standard InChI is InChI=1S/C12H21N3O7S/c1-11(2,3)21-10(17)13-7-12(22-23(18,19)20)5-4-8-6-15(12)9(16)14-8/h8H,4-7H2,1-3H3,(H,13,17)(H,14,16)(H,18,19,20). The quantitative estimate of drug-likeness (QED) is 0.616. The molecule has 2 aliphatic rings. The summed E-state index contributed by atoms with van der Waals surface area (Å²) in [4.78, 5) is 24.9. The highest BCUT2D eigenvalue weighted by Gasteiger charge is 2.52. The largest absolute Gasteiger partial charge is 0.444 e. The number of alkyl carbamates (subject to hydrolysis) is 1. The van der Waals surface area contributed by atoms with Crippen LogP contribution in [0.25, 0.3) is 0 Å². The number of hydrogen-bond donors (Lipinski definition) is 3. The monoisotopic (exact) mass is 351 g/mol. The van der Waals surface area contributed by atoms with Gasteiger partial charge in [0.1, 0.15) is 5.60 Å². The number of amides is 3. The molecule has 3 N–H and O–H groups in total. The van der Waals surface area contributed by atoms with Gasteiger partial charge in [-0.1, -0.05) is 0 Å². The first kappa shape index (κ1) is 17.8. The topological polar surface area (TPSA) is 134 Å². The Morgan fingerprint density at radius 3 is 2.74 bits per heavy atom. The van der Waals surface area contributed by atoms with Crippen LogP contribution in [0.4, 0.5) is 9.59 Å². The number of urea groups is 1. The SMILES string of the molecule is CC(C)(C)OC(=O)NCC1(OS(=O)(=O)O)CCC2CN1C(=O)N2. The highest BCUT2D eigenvalue weighted by atomic mass is 32.3. The molecule has 0 aromatic carbocycles. The molecule has 0 aromatic heterocycles. The lowest BCUT2D eigenvalue weighted by molar-refractivity contribution is -0.0722.